The normalized spacial score (nSPS) is 16.9. The second kappa shape index (κ2) is 6.57. The largest absolute Gasteiger partial charge is 0.369 e. The van der Waals surface area contributed by atoms with E-state index in [4.69, 9.17) is 0 Å². The molecule has 20 heavy (non-hydrogen) atoms. The minimum absolute atomic E-state index is 0.0641. The molecule has 0 saturated carbocycles. The number of para-hydroxylation sites is 1. The standard InChI is InChI=1S/C17H26FNSi/c1-20(2,3)14-8-10-15-9-7-11-16(18)17(15)19-12-5-4-6-13-19/h7-9,11,14H,4-6,10,12-13H2,1-3H3/b14-8+. The Morgan fingerprint density at radius 3 is 2.50 bits per heavy atom. The van der Waals surface area contributed by atoms with Crippen LogP contribution in [-0.2, 0) is 6.42 Å². The van der Waals surface area contributed by atoms with Gasteiger partial charge in [0.25, 0.3) is 0 Å². The molecule has 0 spiro atoms. The van der Waals surface area contributed by atoms with Crippen molar-refractivity contribution < 1.29 is 4.39 Å². The van der Waals surface area contributed by atoms with Gasteiger partial charge in [0.15, 0.2) is 0 Å². The maximum atomic E-state index is 14.2. The fourth-order valence-corrected chi connectivity index (χ4v) is 3.56. The van der Waals surface area contributed by atoms with Crippen molar-refractivity contribution in [2.24, 2.45) is 0 Å². The molecular weight excluding hydrogens is 265 g/mol. The van der Waals surface area contributed by atoms with Crippen LogP contribution in [-0.4, -0.2) is 21.2 Å². The lowest BCUT2D eigenvalue weighted by atomic mass is 10.0. The van der Waals surface area contributed by atoms with E-state index in [1.807, 2.05) is 6.07 Å². The van der Waals surface area contributed by atoms with E-state index in [0.29, 0.717) is 0 Å². The third-order valence-corrected chi connectivity index (χ3v) is 4.93. The summed E-state index contributed by atoms with van der Waals surface area (Å²) >= 11 is 0. The first kappa shape index (κ1) is 15.3. The highest BCUT2D eigenvalue weighted by atomic mass is 28.3. The van der Waals surface area contributed by atoms with Crippen LogP contribution in [0.1, 0.15) is 24.8 Å². The second-order valence-corrected chi connectivity index (χ2v) is 11.8. The van der Waals surface area contributed by atoms with Crippen LogP contribution in [0.25, 0.3) is 0 Å². The van der Waals surface area contributed by atoms with Gasteiger partial charge in [0, 0.05) is 13.1 Å². The van der Waals surface area contributed by atoms with Crippen molar-refractivity contribution in [1.29, 1.82) is 0 Å². The Morgan fingerprint density at radius 2 is 1.85 bits per heavy atom. The van der Waals surface area contributed by atoms with Gasteiger partial charge in [-0.1, -0.05) is 43.5 Å². The van der Waals surface area contributed by atoms with Crippen LogP contribution in [0.5, 0.6) is 0 Å². The second-order valence-electron chi connectivity index (χ2n) is 6.77. The van der Waals surface area contributed by atoms with Gasteiger partial charge in [-0.05, 0) is 37.3 Å². The average molecular weight is 291 g/mol. The topological polar surface area (TPSA) is 3.24 Å². The van der Waals surface area contributed by atoms with E-state index >= 15 is 0 Å². The number of hydrogen-bond donors (Lipinski definition) is 0. The molecule has 1 saturated heterocycles. The van der Waals surface area contributed by atoms with Gasteiger partial charge in [-0.15, -0.1) is 0 Å². The van der Waals surface area contributed by atoms with Crippen LogP contribution in [0.15, 0.2) is 30.0 Å². The maximum absolute atomic E-state index is 14.2. The number of anilines is 1. The molecular formula is C17H26FNSi. The van der Waals surface area contributed by atoms with E-state index in [9.17, 15) is 4.39 Å². The first-order chi connectivity index (χ1) is 9.47. The van der Waals surface area contributed by atoms with Gasteiger partial charge in [0.2, 0.25) is 0 Å². The van der Waals surface area contributed by atoms with Crippen LogP contribution in [0.3, 0.4) is 0 Å². The van der Waals surface area contributed by atoms with E-state index < -0.39 is 8.07 Å². The summed E-state index contributed by atoms with van der Waals surface area (Å²) in [5.41, 5.74) is 4.31. The summed E-state index contributed by atoms with van der Waals surface area (Å²) < 4.78 is 14.2. The molecule has 3 heteroatoms. The van der Waals surface area contributed by atoms with Crippen molar-refractivity contribution in [3.63, 3.8) is 0 Å². The summed E-state index contributed by atoms with van der Waals surface area (Å²) in [5.74, 6) is -0.0641. The van der Waals surface area contributed by atoms with Crippen LogP contribution >= 0.6 is 0 Å². The van der Waals surface area contributed by atoms with E-state index in [2.05, 4.69) is 42.4 Å². The van der Waals surface area contributed by atoms with Crippen LogP contribution in [0.4, 0.5) is 10.1 Å². The SMILES string of the molecule is C[Si](C)(C)/C=C/Cc1cccc(F)c1N1CCCCC1. The van der Waals surface area contributed by atoms with Gasteiger partial charge in [-0.25, -0.2) is 4.39 Å². The molecule has 1 aromatic rings. The molecule has 0 aromatic heterocycles. The lowest BCUT2D eigenvalue weighted by Gasteiger charge is -2.30. The summed E-state index contributed by atoms with van der Waals surface area (Å²) in [5, 5.41) is 0. The molecule has 110 valence electrons. The Labute approximate surface area is 123 Å². The van der Waals surface area contributed by atoms with Crippen molar-refractivity contribution in [3.05, 3.63) is 41.4 Å². The van der Waals surface area contributed by atoms with Crippen molar-refractivity contribution in [2.45, 2.75) is 45.3 Å². The Kier molecular flexibility index (Phi) is 5.03. The lowest BCUT2D eigenvalue weighted by molar-refractivity contribution is 0.555. The van der Waals surface area contributed by atoms with Crippen molar-refractivity contribution >= 4 is 13.8 Å². The minimum Gasteiger partial charge on any atom is -0.369 e. The molecule has 0 aliphatic carbocycles. The summed E-state index contributed by atoms with van der Waals surface area (Å²) in [6, 6.07) is 5.50. The molecule has 0 atom stereocenters. The number of allylic oxidation sites excluding steroid dienone is 1. The predicted octanol–water partition coefficient (Wildman–Crippen LogP) is 4.79. The number of halogens is 1. The van der Waals surface area contributed by atoms with E-state index in [0.717, 1.165) is 30.8 Å². The Hall–Kier alpha value is -1.09. The van der Waals surface area contributed by atoms with E-state index in [-0.39, 0.29) is 5.82 Å². The van der Waals surface area contributed by atoms with Crippen LogP contribution in [0, 0.1) is 5.82 Å². The third-order valence-electron chi connectivity index (χ3n) is 3.70. The fourth-order valence-electron chi connectivity index (χ4n) is 2.74. The Bertz CT molecular complexity index is 470. The summed E-state index contributed by atoms with van der Waals surface area (Å²) in [6.07, 6.45) is 6.70. The first-order valence-electron chi connectivity index (χ1n) is 7.67. The van der Waals surface area contributed by atoms with Gasteiger partial charge in [-0.3, -0.25) is 0 Å². The summed E-state index contributed by atoms with van der Waals surface area (Å²) in [6.45, 7) is 8.94. The zero-order chi connectivity index (χ0) is 14.6. The minimum atomic E-state index is -1.17. The van der Waals surface area contributed by atoms with Crippen molar-refractivity contribution in [1.82, 2.24) is 0 Å². The van der Waals surface area contributed by atoms with Gasteiger partial charge in [-0.2, -0.15) is 0 Å². The number of piperidine rings is 1. The zero-order valence-electron chi connectivity index (χ0n) is 13.0. The monoisotopic (exact) mass is 291 g/mol. The van der Waals surface area contributed by atoms with Crippen LogP contribution < -0.4 is 4.90 Å². The average Bonchev–Trinajstić information content (AvgIpc) is 2.38. The van der Waals surface area contributed by atoms with E-state index in [1.165, 1.54) is 19.3 Å². The Balaban J connectivity index is 2.19. The molecule has 0 unspecified atom stereocenters. The highest BCUT2D eigenvalue weighted by molar-refractivity contribution is 6.80. The van der Waals surface area contributed by atoms with Gasteiger partial charge < -0.3 is 4.90 Å². The molecule has 1 aromatic carbocycles. The molecule has 1 aliphatic heterocycles. The molecule has 0 amide bonds. The Morgan fingerprint density at radius 1 is 1.15 bits per heavy atom. The molecule has 0 bridgehead atoms. The molecule has 1 aliphatic rings. The van der Waals surface area contributed by atoms with Crippen molar-refractivity contribution in [2.75, 3.05) is 18.0 Å². The zero-order valence-corrected chi connectivity index (χ0v) is 14.0. The summed E-state index contributed by atoms with van der Waals surface area (Å²) in [7, 11) is -1.17. The number of nitrogens with zero attached hydrogens (tertiary/aromatic N) is 1. The molecule has 0 N–H and O–H groups in total. The van der Waals surface area contributed by atoms with E-state index in [1.54, 1.807) is 6.07 Å². The number of rotatable bonds is 4. The number of benzene rings is 1. The first-order valence-corrected chi connectivity index (χ1v) is 11.3. The highest BCUT2D eigenvalue weighted by Gasteiger charge is 2.17. The molecule has 1 heterocycles. The summed E-state index contributed by atoms with van der Waals surface area (Å²) in [4.78, 5) is 2.23. The van der Waals surface area contributed by atoms with Gasteiger partial charge in [0.05, 0.1) is 13.8 Å². The maximum Gasteiger partial charge on any atom is 0.146 e. The third kappa shape index (κ3) is 4.20. The number of hydrogen-bond acceptors (Lipinski definition) is 1. The van der Waals surface area contributed by atoms with Crippen molar-refractivity contribution in [3.8, 4) is 0 Å². The molecule has 2 rings (SSSR count). The van der Waals surface area contributed by atoms with Gasteiger partial charge in [0.1, 0.15) is 5.82 Å². The predicted molar refractivity (Wildman–Crippen MR) is 88.7 cm³/mol. The van der Waals surface area contributed by atoms with Crippen LogP contribution in [0.2, 0.25) is 19.6 Å². The lowest BCUT2D eigenvalue weighted by Crippen LogP contribution is -2.31. The fraction of sp³-hybridized carbons (Fsp3) is 0.529. The quantitative estimate of drug-likeness (QED) is 0.721. The smallest absolute Gasteiger partial charge is 0.146 e. The molecule has 1 fully saturated rings. The molecule has 1 nitrogen and oxygen atoms in total. The molecule has 0 radical (unpaired) electrons. The highest BCUT2D eigenvalue weighted by Crippen LogP contribution is 2.28. The van der Waals surface area contributed by atoms with Gasteiger partial charge >= 0.3 is 0 Å².